The number of fused-ring (bicyclic) bond motifs is 1. The number of H-pyrrole nitrogens is 1. The van der Waals surface area contributed by atoms with Gasteiger partial charge in [0.1, 0.15) is 17.8 Å². The first-order valence-corrected chi connectivity index (χ1v) is 8.77. The summed E-state index contributed by atoms with van der Waals surface area (Å²) >= 11 is 0. The zero-order valence-electron chi connectivity index (χ0n) is 15.2. The predicted octanol–water partition coefficient (Wildman–Crippen LogP) is 3.67. The molecule has 1 atom stereocenters. The van der Waals surface area contributed by atoms with Gasteiger partial charge in [-0.15, -0.1) is 0 Å². The molecule has 0 unspecified atom stereocenters. The van der Waals surface area contributed by atoms with Crippen molar-refractivity contribution < 1.29 is 14.1 Å². The van der Waals surface area contributed by atoms with Gasteiger partial charge in [0.2, 0.25) is 0 Å². The molecule has 0 bridgehead atoms. The van der Waals surface area contributed by atoms with Gasteiger partial charge in [-0.1, -0.05) is 29.4 Å². The third-order valence-corrected chi connectivity index (χ3v) is 4.32. The van der Waals surface area contributed by atoms with Crippen molar-refractivity contribution in [3.8, 4) is 5.75 Å². The average Bonchev–Trinajstić information content (AvgIpc) is 3.37. The number of benzene rings is 2. The number of aromatic amines is 1. The van der Waals surface area contributed by atoms with Crippen molar-refractivity contribution in [3.05, 3.63) is 72.2 Å². The summed E-state index contributed by atoms with van der Waals surface area (Å²) in [4.78, 5) is 20.4. The fourth-order valence-corrected chi connectivity index (χ4v) is 2.94. The van der Waals surface area contributed by atoms with E-state index in [0.29, 0.717) is 18.1 Å². The van der Waals surface area contributed by atoms with Gasteiger partial charge in [0.05, 0.1) is 24.2 Å². The number of nitrogens with one attached hydrogen (secondary N) is 3. The highest BCUT2D eigenvalue weighted by Gasteiger charge is 2.20. The number of para-hydroxylation sites is 2. The van der Waals surface area contributed by atoms with E-state index in [1.165, 1.54) is 6.26 Å². The molecule has 2 amide bonds. The molecule has 0 aliphatic rings. The zero-order chi connectivity index (χ0) is 19.3. The van der Waals surface area contributed by atoms with Gasteiger partial charge in [0.15, 0.2) is 5.82 Å². The molecule has 2 heterocycles. The van der Waals surface area contributed by atoms with Crippen molar-refractivity contribution in [2.75, 3.05) is 12.4 Å². The highest BCUT2D eigenvalue weighted by atomic mass is 16.5. The van der Waals surface area contributed by atoms with Gasteiger partial charge >= 0.3 is 6.03 Å². The van der Waals surface area contributed by atoms with Crippen molar-refractivity contribution in [2.45, 2.75) is 12.5 Å². The minimum atomic E-state index is -0.395. The summed E-state index contributed by atoms with van der Waals surface area (Å²) in [6.07, 6.45) is 1.94. The van der Waals surface area contributed by atoms with E-state index >= 15 is 0 Å². The van der Waals surface area contributed by atoms with Crippen LogP contribution in [0.25, 0.3) is 11.0 Å². The van der Waals surface area contributed by atoms with E-state index in [0.717, 1.165) is 22.3 Å². The fourth-order valence-electron chi connectivity index (χ4n) is 2.94. The summed E-state index contributed by atoms with van der Waals surface area (Å²) in [5.74, 6) is 1.79. The van der Waals surface area contributed by atoms with E-state index < -0.39 is 6.03 Å². The molecule has 28 heavy (non-hydrogen) atoms. The number of imidazole rings is 1. The minimum absolute atomic E-state index is 0.338. The molecule has 0 aliphatic heterocycles. The number of carbonyl (C=O) groups is 1. The number of hydrogen-bond donors (Lipinski definition) is 3. The maximum atomic E-state index is 12.4. The number of amides is 2. The first-order valence-electron chi connectivity index (χ1n) is 8.77. The average molecular weight is 377 g/mol. The molecule has 8 nitrogen and oxygen atoms in total. The van der Waals surface area contributed by atoms with E-state index in [4.69, 9.17) is 9.26 Å². The molecule has 4 rings (SSSR count). The Labute approximate surface area is 160 Å². The molecule has 2 aromatic heterocycles. The van der Waals surface area contributed by atoms with Crippen molar-refractivity contribution >= 4 is 22.9 Å². The lowest BCUT2D eigenvalue weighted by atomic mass is 10.1. The minimum Gasteiger partial charge on any atom is -0.497 e. The van der Waals surface area contributed by atoms with Gasteiger partial charge in [-0.3, -0.25) is 5.32 Å². The Hall–Kier alpha value is -3.81. The number of ether oxygens (including phenoxy) is 1. The Morgan fingerprint density at radius 2 is 2.00 bits per heavy atom. The van der Waals surface area contributed by atoms with E-state index in [1.807, 2.05) is 48.5 Å². The monoisotopic (exact) mass is 377 g/mol. The number of aromatic nitrogens is 3. The van der Waals surface area contributed by atoms with Gasteiger partial charge < -0.3 is 19.6 Å². The molecular formula is C20H19N5O3. The highest BCUT2D eigenvalue weighted by molar-refractivity contribution is 5.88. The predicted molar refractivity (Wildman–Crippen MR) is 104 cm³/mol. The summed E-state index contributed by atoms with van der Waals surface area (Å²) in [6.45, 7) is 0. The van der Waals surface area contributed by atoms with Crippen LogP contribution in [0.2, 0.25) is 0 Å². The lowest BCUT2D eigenvalue weighted by Crippen LogP contribution is -2.34. The van der Waals surface area contributed by atoms with Gasteiger partial charge in [-0.25, -0.2) is 9.78 Å². The smallest absolute Gasteiger partial charge is 0.321 e. The van der Waals surface area contributed by atoms with E-state index in [9.17, 15) is 4.79 Å². The molecule has 0 fully saturated rings. The topological polar surface area (TPSA) is 105 Å². The second-order valence-corrected chi connectivity index (χ2v) is 6.23. The lowest BCUT2D eigenvalue weighted by Gasteiger charge is -2.17. The number of anilines is 1. The third kappa shape index (κ3) is 3.96. The molecule has 0 aliphatic carbocycles. The molecule has 0 saturated carbocycles. The number of nitrogens with zero attached hydrogens (tertiary/aromatic N) is 2. The molecule has 0 radical (unpaired) electrons. The van der Waals surface area contributed by atoms with Crippen LogP contribution in [-0.4, -0.2) is 28.3 Å². The van der Waals surface area contributed by atoms with Crippen LogP contribution in [0.3, 0.4) is 0 Å². The largest absolute Gasteiger partial charge is 0.497 e. The summed E-state index contributed by atoms with van der Waals surface area (Å²) < 4.78 is 9.95. The zero-order valence-corrected chi connectivity index (χ0v) is 15.2. The molecular weight excluding hydrogens is 358 g/mol. The van der Waals surface area contributed by atoms with E-state index in [2.05, 4.69) is 25.8 Å². The molecule has 3 N–H and O–H groups in total. The SMILES string of the molecule is COc1ccc(C[C@@H](NC(=O)Nc2ccon2)c2nc3ccccc3[nH]2)cc1. The second kappa shape index (κ2) is 7.83. The summed E-state index contributed by atoms with van der Waals surface area (Å²) in [5, 5.41) is 9.29. The molecule has 0 spiro atoms. The van der Waals surface area contributed by atoms with Crippen LogP contribution in [0.1, 0.15) is 17.4 Å². The normalized spacial score (nSPS) is 11.9. The van der Waals surface area contributed by atoms with E-state index in [1.54, 1.807) is 13.2 Å². The molecule has 8 heteroatoms. The van der Waals surface area contributed by atoms with Crippen LogP contribution in [0, 0.1) is 0 Å². The van der Waals surface area contributed by atoms with E-state index in [-0.39, 0.29) is 6.04 Å². The van der Waals surface area contributed by atoms with Crippen LogP contribution in [0.5, 0.6) is 5.75 Å². The quantitative estimate of drug-likeness (QED) is 0.475. The molecule has 2 aromatic carbocycles. The van der Waals surface area contributed by atoms with Crippen LogP contribution >= 0.6 is 0 Å². The third-order valence-electron chi connectivity index (χ3n) is 4.32. The number of urea groups is 1. The van der Waals surface area contributed by atoms with Crippen LogP contribution in [0.15, 0.2) is 65.4 Å². The highest BCUT2D eigenvalue weighted by Crippen LogP contribution is 2.21. The Balaban J connectivity index is 1.58. The van der Waals surface area contributed by atoms with Gasteiger partial charge in [0, 0.05) is 6.07 Å². The van der Waals surface area contributed by atoms with Crippen LogP contribution in [0.4, 0.5) is 10.6 Å². The Morgan fingerprint density at radius 3 is 2.71 bits per heavy atom. The molecule has 4 aromatic rings. The maximum absolute atomic E-state index is 12.4. The summed E-state index contributed by atoms with van der Waals surface area (Å²) in [5.41, 5.74) is 2.79. The Kier molecular flexibility index (Phi) is 4.92. The Morgan fingerprint density at radius 1 is 1.18 bits per heavy atom. The number of methoxy groups -OCH3 is 1. The van der Waals surface area contributed by atoms with Gasteiger partial charge in [-0.2, -0.15) is 0 Å². The van der Waals surface area contributed by atoms with Crippen molar-refractivity contribution in [1.29, 1.82) is 0 Å². The van der Waals surface area contributed by atoms with Crippen LogP contribution < -0.4 is 15.4 Å². The van der Waals surface area contributed by atoms with Gasteiger partial charge in [0.25, 0.3) is 0 Å². The standard InChI is InChI=1S/C20H19N5O3/c1-27-14-8-6-13(7-9-14)12-17(23-20(26)24-18-10-11-28-25-18)19-21-15-4-2-3-5-16(15)22-19/h2-11,17H,12H2,1H3,(H,21,22)(H2,23,24,25,26)/t17-/m1/s1. The molecule has 0 saturated heterocycles. The van der Waals surface area contributed by atoms with Crippen molar-refractivity contribution in [2.24, 2.45) is 0 Å². The van der Waals surface area contributed by atoms with Gasteiger partial charge in [-0.05, 0) is 36.2 Å². The summed E-state index contributed by atoms with van der Waals surface area (Å²) in [6, 6.07) is 16.3. The number of carbonyl (C=O) groups excluding carboxylic acids is 1. The fraction of sp³-hybridized carbons (Fsp3) is 0.150. The number of hydrogen-bond acceptors (Lipinski definition) is 5. The second-order valence-electron chi connectivity index (χ2n) is 6.23. The van der Waals surface area contributed by atoms with Crippen LogP contribution in [-0.2, 0) is 6.42 Å². The Bertz CT molecular complexity index is 1020. The van der Waals surface area contributed by atoms with Crippen molar-refractivity contribution in [3.63, 3.8) is 0 Å². The molecule has 142 valence electrons. The maximum Gasteiger partial charge on any atom is 0.321 e. The van der Waals surface area contributed by atoms with Crippen molar-refractivity contribution in [1.82, 2.24) is 20.4 Å². The lowest BCUT2D eigenvalue weighted by molar-refractivity contribution is 0.247. The summed E-state index contributed by atoms with van der Waals surface area (Å²) in [7, 11) is 1.63. The first kappa shape index (κ1) is 17.6. The number of rotatable bonds is 6. The first-order chi connectivity index (χ1) is 13.7.